The minimum Gasteiger partial charge on any atom is -0.347 e. The molecule has 2 aromatic rings. The van der Waals surface area contributed by atoms with Gasteiger partial charge in [0.05, 0.1) is 11.1 Å². The lowest BCUT2D eigenvalue weighted by Gasteiger charge is -2.30. The summed E-state index contributed by atoms with van der Waals surface area (Å²) in [7, 11) is 0. The monoisotopic (exact) mass is 504 g/mol. The van der Waals surface area contributed by atoms with Crippen LogP contribution in [0.4, 0.5) is 36.4 Å². The molecule has 0 unspecified atom stereocenters. The van der Waals surface area contributed by atoms with E-state index in [-0.39, 0.29) is 27.9 Å². The first-order valence-corrected chi connectivity index (χ1v) is 10.7. The first-order valence-electron chi connectivity index (χ1n) is 10.7. The standard InChI is InChI=1S/C24H23F7N2O2/c1-4-21(10-11-21)33-20(35)18-13(2)6-5-7-16(18)19(34)32-17-9-8-15(12-14(17)3)22(25,23(26,27)28)24(29,30)31/h5-9,12H,4,10-11H2,1-3H3,(H,32,34)(H,33,35). The van der Waals surface area contributed by atoms with Gasteiger partial charge in [0.1, 0.15) is 0 Å². The van der Waals surface area contributed by atoms with E-state index < -0.39 is 35.4 Å². The van der Waals surface area contributed by atoms with Gasteiger partial charge in [-0.15, -0.1) is 0 Å². The average Bonchev–Trinajstić information content (AvgIpc) is 3.52. The molecular formula is C24H23F7N2O2. The lowest BCUT2D eigenvalue weighted by Crippen LogP contribution is -2.50. The van der Waals surface area contributed by atoms with Crippen LogP contribution in [0.15, 0.2) is 36.4 Å². The van der Waals surface area contributed by atoms with Crippen molar-refractivity contribution in [2.24, 2.45) is 0 Å². The second-order valence-corrected chi connectivity index (χ2v) is 8.72. The fraction of sp³-hybridized carbons (Fsp3) is 0.417. The molecule has 11 heteroatoms. The van der Waals surface area contributed by atoms with Gasteiger partial charge in [0.15, 0.2) is 0 Å². The van der Waals surface area contributed by atoms with Crippen molar-refractivity contribution in [2.75, 3.05) is 5.32 Å². The van der Waals surface area contributed by atoms with Gasteiger partial charge in [-0.05, 0) is 56.4 Å². The Morgan fingerprint density at radius 3 is 1.97 bits per heavy atom. The van der Waals surface area contributed by atoms with Crippen LogP contribution in [-0.4, -0.2) is 29.7 Å². The summed E-state index contributed by atoms with van der Waals surface area (Å²) in [5, 5.41) is 5.32. The summed E-state index contributed by atoms with van der Waals surface area (Å²) in [4.78, 5) is 25.9. The molecule has 0 aliphatic heterocycles. The highest BCUT2D eigenvalue weighted by Gasteiger charge is 2.73. The number of nitrogens with one attached hydrogen (secondary N) is 2. The number of benzene rings is 2. The average molecular weight is 504 g/mol. The van der Waals surface area contributed by atoms with Gasteiger partial charge in [-0.25, -0.2) is 4.39 Å². The maximum atomic E-state index is 14.4. The van der Waals surface area contributed by atoms with Crippen molar-refractivity contribution in [2.45, 2.75) is 63.6 Å². The van der Waals surface area contributed by atoms with Gasteiger partial charge in [-0.3, -0.25) is 9.59 Å². The van der Waals surface area contributed by atoms with Crippen molar-refractivity contribution in [1.82, 2.24) is 5.32 Å². The highest BCUT2D eigenvalue weighted by atomic mass is 19.4. The third kappa shape index (κ3) is 4.85. The molecule has 2 N–H and O–H groups in total. The first kappa shape index (κ1) is 26.5. The lowest BCUT2D eigenvalue weighted by molar-refractivity contribution is -0.348. The summed E-state index contributed by atoms with van der Waals surface area (Å²) < 4.78 is 92.7. The zero-order chi connectivity index (χ0) is 26.4. The van der Waals surface area contributed by atoms with E-state index in [9.17, 15) is 40.3 Å². The number of anilines is 1. The largest absolute Gasteiger partial charge is 0.435 e. The van der Waals surface area contributed by atoms with Gasteiger partial charge in [-0.1, -0.05) is 31.2 Å². The minimum absolute atomic E-state index is 0.0247. The number of carbonyl (C=O) groups excluding carboxylic acids is 2. The molecule has 1 aliphatic carbocycles. The van der Waals surface area contributed by atoms with Crippen LogP contribution in [-0.2, 0) is 5.67 Å². The molecule has 4 nitrogen and oxygen atoms in total. The van der Waals surface area contributed by atoms with Crippen molar-refractivity contribution < 1.29 is 40.3 Å². The molecule has 35 heavy (non-hydrogen) atoms. The van der Waals surface area contributed by atoms with E-state index in [4.69, 9.17) is 0 Å². The predicted molar refractivity (Wildman–Crippen MR) is 115 cm³/mol. The van der Waals surface area contributed by atoms with Crippen LogP contribution in [0.5, 0.6) is 0 Å². The van der Waals surface area contributed by atoms with Gasteiger partial charge in [0.2, 0.25) is 0 Å². The highest BCUT2D eigenvalue weighted by Crippen LogP contribution is 2.53. The molecular weight excluding hydrogens is 481 g/mol. The van der Waals surface area contributed by atoms with Crippen molar-refractivity contribution in [3.8, 4) is 0 Å². The molecule has 0 aromatic heterocycles. The van der Waals surface area contributed by atoms with E-state index >= 15 is 0 Å². The fourth-order valence-electron chi connectivity index (χ4n) is 3.88. The lowest BCUT2D eigenvalue weighted by atomic mass is 9.92. The molecule has 2 amide bonds. The van der Waals surface area contributed by atoms with Crippen LogP contribution in [0.25, 0.3) is 0 Å². The van der Waals surface area contributed by atoms with E-state index in [2.05, 4.69) is 10.6 Å². The summed E-state index contributed by atoms with van der Waals surface area (Å²) >= 11 is 0. The topological polar surface area (TPSA) is 58.2 Å². The maximum absolute atomic E-state index is 14.4. The maximum Gasteiger partial charge on any atom is 0.435 e. The molecule has 1 fully saturated rings. The zero-order valence-electron chi connectivity index (χ0n) is 19.0. The number of aryl methyl sites for hydroxylation is 2. The minimum atomic E-state index is -6.25. The third-order valence-corrected chi connectivity index (χ3v) is 6.31. The number of rotatable bonds is 6. The van der Waals surface area contributed by atoms with Crippen molar-refractivity contribution in [1.29, 1.82) is 0 Å². The van der Waals surface area contributed by atoms with Crippen LogP contribution < -0.4 is 10.6 Å². The van der Waals surface area contributed by atoms with Gasteiger partial charge in [0, 0.05) is 16.8 Å². The Hall–Kier alpha value is -3.11. The van der Waals surface area contributed by atoms with Crippen molar-refractivity contribution in [3.63, 3.8) is 0 Å². The normalized spacial score (nSPS) is 15.5. The molecule has 0 atom stereocenters. The van der Waals surface area contributed by atoms with Crippen LogP contribution in [0.3, 0.4) is 0 Å². The second kappa shape index (κ2) is 8.83. The Morgan fingerprint density at radius 1 is 0.886 bits per heavy atom. The Kier molecular flexibility index (Phi) is 6.69. The van der Waals surface area contributed by atoms with E-state index in [0.717, 1.165) is 25.8 Å². The van der Waals surface area contributed by atoms with E-state index in [0.29, 0.717) is 24.1 Å². The Morgan fingerprint density at radius 2 is 1.49 bits per heavy atom. The smallest absolute Gasteiger partial charge is 0.347 e. The highest BCUT2D eigenvalue weighted by molar-refractivity contribution is 6.13. The molecule has 190 valence electrons. The molecule has 0 bridgehead atoms. The number of halogens is 7. The predicted octanol–water partition coefficient (Wildman–Crippen LogP) is 6.52. The molecule has 0 spiro atoms. The summed E-state index contributed by atoms with van der Waals surface area (Å²) in [6.07, 6.45) is -10.2. The summed E-state index contributed by atoms with van der Waals surface area (Å²) in [5.41, 5.74) is -7.33. The van der Waals surface area contributed by atoms with E-state index in [1.54, 1.807) is 13.0 Å². The number of hydrogen-bond acceptors (Lipinski definition) is 2. The van der Waals surface area contributed by atoms with Crippen molar-refractivity contribution in [3.05, 3.63) is 64.2 Å². The molecule has 0 heterocycles. The summed E-state index contributed by atoms with van der Waals surface area (Å²) in [6, 6.07) is 6.02. The number of carbonyl (C=O) groups is 2. The quantitative estimate of drug-likeness (QED) is 0.441. The number of amides is 2. The van der Waals surface area contributed by atoms with Crippen LogP contribution >= 0.6 is 0 Å². The summed E-state index contributed by atoms with van der Waals surface area (Å²) in [6.45, 7) is 4.69. The van der Waals surface area contributed by atoms with Crippen molar-refractivity contribution >= 4 is 17.5 Å². The Bertz CT molecular complexity index is 1140. The molecule has 0 saturated heterocycles. The van der Waals surface area contributed by atoms with E-state index in [1.165, 1.54) is 12.1 Å². The van der Waals surface area contributed by atoms with Gasteiger partial charge < -0.3 is 10.6 Å². The molecule has 0 radical (unpaired) electrons. The number of alkyl halides is 7. The third-order valence-electron chi connectivity index (χ3n) is 6.31. The molecule has 3 rings (SSSR count). The van der Waals surface area contributed by atoms with Gasteiger partial charge in [0.25, 0.3) is 11.8 Å². The second-order valence-electron chi connectivity index (χ2n) is 8.72. The van der Waals surface area contributed by atoms with Crippen LogP contribution in [0, 0.1) is 13.8 Å². The van der Waals surface area contributed by atoms with Gasteiger partial charge in [-0.2, -0.15) is 26.3 Å². The summed E-state index contributed by atoms with van der Waals surface area (Å²) in [5.74, 6) is -1.26. The Balaban J connectivity index is 1.92. The van der Waals surface area contributed by atoms with Crippen LogP contribution in [0.2, 0.25) is 0 Å². The van der Waals surface area contributed by atoms with E-state index in [1.807, 2.05) is 6.92 Å². The molecule has 1 saturated carbocycles. The first-order chi connectivity index (χ1) is 16.1. The van der Waals surface area contributed by atoms with Gasteiger partial charge >= 0.3 is 18.0 Å². The fourth-order valence-corrected chi connectivity index (χ4v) is 3.88. The number of hydrogen-bond donors (Lipinski definition) is 2. The SMILES string of the molecule is CCC1(NC(=O)c2c(C)cccc2C(=O)Nc2ccc(C(F)(C(F)(F)F)C(F)(F)F)cc2C)CC1. The molecule has 2 aromatic carbocycles. The Labute approximate surface area is 196 Å². The zero-order valence-corrected chi connectivity index (χ0v) is 19.0. The molecule has 1 aliphatic rings. The van der Waals surface area contributed by atoms with Crippen LogP contribution in [0.1, 0.15) is 63.6 Å².